The van der Waals surface area contributed by atoms with Gasteiger partial charge in [0.1, 0.15) is 19.3 Å². The fourth-order valence-electron chi connectivity index (χ4n) is 3.01. The minimum absolute atomic E-state index is 0. The molecule has 8 heteroatoms. The lowest BCUT2D eigenvalue weighted by Gasteiger charge is -2.09. The first-order chi connectivity index (χ1) is 19.0. The minimum Gasteiger partial charge on any atom is -0.496 e. The highest BCUT2D eigenvalue weighted by atomic mass is 19.4. The van der Waals surface area contributed by atoms with Gasteiger partial charge < -0.3 is 20.0 Å². The number of rotatable bonds is 6. The average molecular weight is 566 g/mol. The topological polar surface area (TPSA) is 75.6 Å². The number of methoxy groups -OCH3 is 1. The number of aliphatic hydroxyl groups is 1. The Labute approximate surface area is 239 Å². The van der Waals surface area contributed by atoms with E-state index in [1.54, 1.807) is 7.11 Å². The first-order valence-corrected chi connectivity index (χ1v) is 12.7. The summed E-state index contributed by atoms with van der Waals surface area (Å²) in [6.07, 6.45) is 2.18. The summed E-state index contributed by atoms with van der Waals surface area (Å²) in [6.45, 7) is 14.7. The Morgan fingerprint density at radius 3 is 2.27 bits per heavy atom. The van der Waals surface area contributed by atoms with Gasteiger partial charge in [-0.05, 0) is 66.8 Å². The molecule has 0 fully saturated rings. The summed E-state index contributed by atoms with van der Waals surface area (Å²) in [5, 5.41) is 11.3. The molecule has 0 atom stereocenters. The number of carbonyl (C=O) groups excluding carboxylic acids is 2. The van der Waals surface area contributed by atoms with Crippen molar-refractivity contribution < 1.29 is 35.5 Å². The molecule has 1 aliphatic carbocycles. The van der Waals surface area contributed by atoms with E-state index < -0.39 is 12.6 Å². The third kappa shape index (κ3) is 16.9. The van der Waals surface area contributed by atoms with Crippen molar-refractivity contribution in [2.45, 2.75) is 60.1 Å². The predicted octanol–water partition coefficient (Wildman–Crippen LogP) is 8.36. The van der Waals surface area contributed by atoms with Gasteiger partial charge in [0.25, 0.3) is 0 Å². The van der Waals surface area contributed by atoms with Gasteiger partial charge in [-0.1, -0.05) is 63.8 Å². The lowest BCUT2D eigenvalue weighted by Crippen LogP contribution is -2.07. The molecule has 3 rings (SSSR count). The van der Waals surface area contributed by atoms with Crippen LogP contribution in [0.4, 0.5) is 18.9 Å². The summed E-state index contributed by atoms with van der Waals surface area (Å²) < 4.78 is 37.6. The first kappa shape index (κ1) is 38.3. The van der Waals surface area contributed by atoms with Crippen molar-refractivity contribution in [3.05, 3.63) is 101 Å². The molecular weight excluding hydrogens is 519 g/mol. The number of benzene rings is 2. The van der Waals surface area contributed by atoms with Gasteiger partial charge in [-0.25, -0.2) is 0 Å². The summed E-state index contributed by atoms with van der Waals surface area (Å²) in [7, 11) is 1.64. The lowest BCUT2D eigenvalue weighted by molar-refractivity contribution is -0.130. The molecule has 1 aliphatic rings. The molecule has 5 nitrogen and oxygen atoms in total. The number of nitrogens with one attached hydrogen (secondary N) is 1. The SMILES string of the molecule is C=C=C1C=C(C(=O)Cc2ccc(C)c(OC)c2)C=CC1.C=O.CC.CCC(F)(F)F.Cc1cccc(NCO)c1.[HH].[HH]. The second-order valence-electron chi connectivity index (χ2n) is 7.99. The van der Waals surface area contributed by atoms with Crippen molar-refractivity contribution in [3.8, 4) is 5.75 Å². The van der Waals surface area contributed by atoms with Gasteiger partial charge in [-0.15, -0.1) is 5.73 Å². The van der Waals surface area contributed by atoms with Crippen LogP contribution in [-0.4, -0.2) is 37.7 Å². The van der Waals surface area contributed by atoms with Crippen molar-refractivity contribution in [3.63, 3.8) is 0 Å². The van der Waals surface area contributed by atoms with Gasteiger partial charge in [0, 0.05) is 27.0 Å². The molecule has 0 heterocycles. The Kier molecular flexibility index (Phi) is 21.1. The summed E-state index contributed by atoms with van der Waals surface area (Å²) in [4.78, 5) is 20.3. The molecular formula is C32H46F3NO4. The molecule has 0 saturated heterocycles. The molecule has 2 aromatic carbocycles. The highest BCUT2D eigenvalue weighted by molar-refractivity contribution is 6.00. The number of aliphatic hydroxyl groups excluding tert-OH is 1. The second-order valence-corrected chi connectivity index (χ2v) is 7.99. The van der Waals surface area contributed by atoms with Crippen molar-refractivity contribution >= 4 is 18.3 Å². The van der Waals surface area contributed by atoms with Gasteiger partial charge in [0.05, 0.1) is 7.11 Å². The highest BCUT2D eigenvalue weighted by Gasteiger charge is 2.22. The molecule has 2 aromatic rings. The number of Topliss-reactive ketones (excluding diaryl/α,β-unsaturated/α-hetero) is 1. The number of ether oxygens (including phenoxy) is 1. The van der Waals surface area contributed by atoms with Gasteiger partial charge >= 0.3 is 6.18 Å². The maximum absolute atomic E-state index is 12.3. The molecule has 0 aromatic heterocycles. The highest BCUT2D eigenvalue weighted by Crippen LogP contribution is 2.22. The molecule has 224 valence electrons. The maximum Gasteiger partial charge on any atom is 0.388 e. The van der Waals surface area contributed by atoms with E-state index >= 15 is 0 Å². The van der Waals surface area contributed by atoms with Crippen LogP contribution >= 0.6 is 0 Å². The third-order valence-corrected chi connectivity index (χ3v) is 5.05. The zero-order chi connectivity index (χ0) is 31.1. The summed E-state index contributed by atoms with van der Waals surface area (Å²) >= 11 is 0. The molecule has 0 saturated carbocycles. The Bertz CT molecular complexity index is 1140. The number of halogens is 3. The minimum atomic E-state index is -3.96. The maximum atomic E-state index is 12.3. The van der Waals surface area contributed by atoms with Gasteiger partial charge in [0.2, 0.25) is 0 Å². The molecule has 2 N–H and O–H groups in total. The standard InChI is InChI=1S/C18H18O2.C8H11NO.C3H5F3.C2H6.CH2O.2H2/c1-4-14-6-5-7-16(10-14)17(19)11-15-9-8-13(2)18(12-15)20-3;1-7-3-2-4-8(5-7)9-6-10;1-2-3(4,5)6;2*1-2;;/h5,7-10,12H,1,6,11H2,2-3H3;2-5,9-10H,6H2,1H3;2H2,1H3;1-2H3;1H2;2*1H. The number of allylic oxidation sites excluding steroid dienone is 5. The Morgan fingerprint density at radius 1 is 1.15 bits per heavy atom. The number of aryl methyl sites for hydroxylation is 2. The quantitative estimate of drug-likeness (QED) is 0.272. The van der Waals surface area contributed by atoms with Crippen LogP contribution in [-0.2, 0) is 16.0 Å². The molecule has 40 heavy (non-hydrogen) atoms. The summed E-state index contributed by atoms with van der Waals surface area (Å²) in [5.74, 6) is 0.912. The van der Waals surface area contributed by atoms with Crippen molar-refractivity contribution in [2.75, 3.05) is 19.2 Å². The number of alkyl halides is 3. The monoisotopic (exact) mass is 565 g/mol. The van der Waals surface area contributed by atoms with Crippen LogP contribution in [0, 0.1) is 13.8 Å². The Balaban J connectivity index is -0.000000277. The fourth-order valence-corrected chi connectivity index (χ4v) is 3.01. The third-order valence-electron chi connectivity index (χ3n) is 5.05. The number of anilines is 1. The first-order valence-electron chi connectivity index (χ1n) is 12.7. The summed E-state index contributed by atoms with van der Waals surface area (Å²) in [5.41, 5.74) is 8.69. The van der Waals surface area contributed by atoms with Crippen molar-refractivity contribution in [1.29, 1.82) is 0 Å². The van der Waals surface area contributed by atoms with Gasteiger partial charge in [-0.2, -0.15) is 13.2 Å². The van der Waals surface area contributed by atoms with E-state index in [2.05, 4.69) is 17.6 Å². The van der Waals surface area contributed by atoms with Crippen LogP contribution in [0.1, 0.15) is 53.2 Å². The molecule has 0 aliphatic heterocycles. The van der Waals surface area contributed by atoms with Crippen LogP contribution in [0.25, 0.3) is 0 Å². The van der Waals surface area contributed by atoms with Crippen LogP contribution < -0.4 is 10.1 Å². The normalized spacial score (nSPS) is 11.2. The van der Waals surface area contributed by atoms with E-state index in [9.17, 15) is 18.0 Å². The predicted molar refractivity (Wildman–Crippen MR) is 162 cm³/mol. The molecule has 0 spiro atoms. The largest absolute Gasteiger partial charge is 0.496 e. The van der Waals surface area contributed by atoms with Crippen LogP contribution in [0.15, 0.2) is 84.1 Å². The summed E-state index contributed by atoms with van der Waals surface area (Å²) in [6, 6.07) is 13.7. The van der Waals surface area contributed by atoms with Crippen LogP contribution in [0.3, 0.4) is 0 Å². The Hall–Kier alpha value is -3.87. The van der Waals surface area contributed by atoms with E-state index in [1.165, 1.54) is 5.56 Å². The van der Waals surface area contributed by atoms with Crippen LogP contribution in [0.2, 0.25) is 0 Å². The number of hydrogen-bond donors (Lipinski definition) is 2. The molecule has 0 bridgehead atoms. The van der Waals surface area contributed by atoms with Crippen molar-refractivity contribution in [1.82, 2.24) is 0 Å². The number of hydrogen-bond acceptors (Lipinski definition) is 5. The molecule has 0 radical (unpaired) electrons. The fraction of sp³-hybridized carbons (Fsp3) is 0.344. The zero-order valence-corrected chi connectivity index (χ0v) is 24.3. The van der Waals surface area contributed by atoms with E-state index in [0.717, 1.165) is 41.5 Å². The number of carbonyl (C=O) groups is 2. The second kappa shape index (κ2) is 22.0. The zero-order valence-electron chi connectivity index (χ0n) is 24.3. The Morgan fingerprint density at radius 2 is 1.77 bits per heavy atom. The molecule has 0 amide bonds. The van der Waals surface area contributed by atoms with E-state index in [4.69, 9.17) is 14.6 Å². The van der Waals surface area contributed by atoms with E-state index in [1.807, 2.05) is 95.2 Å². The van der Waals surface area contributed by atoms with Crippen LogP contribution in [0.5, 0.6) is 5.75 Å². The average Bonchev–Trinajstić information content (AvgIpc) is 2.96. The van der Waals surface area contributed by atoms with E-state index in [0.29, 0.717) is 12.0 Å². The smallest absolute Gasteiger partial charge is 0.388 e. The van der Waals surface area contributed by atoms with Crippen molar-refractivity contribution in [2.24, 2.45) is 0 Å². The molecule has 0 unspecified atom stereocenters. The number of ketones is 1. The van der Waals surface area contributed by atoms with Gasteiger partial charge in [-0.3, -0.25) is 4.79 Å². The van der Waals surface area contributed by atoms with Gasteiger partial charge in [0.15, 0.2) is 5.78 Å². The van der Waals surface area contributed by atoms with E-state index in [-0.39, 0.29) is 15.4 Å². The lowest BCUT2D eigenvalue weighted by atomic mass is 9.96.